The summed E-state index contributed by atoms with van der Waals surface area (Å²) in [5, 5.41) is 4.96. The average Bonchev–Trinajstić information content (AvgIpc) is 3.06. The van der Waals surface area contributed by atoms with Gasteiger partial charge in [-0.05, 0) is 19.1 Å². The molecule has 3 heterocycles. The topological polar surface area (TPSA) is 86.1 Å². The van der Waals surface area contributed by atoms with Gasteiger partial charge in [-0.25, -0.2) is 4.98 Å². The number of nitrogens with one attached hydrogen (secondary N) is 1. The second-order valence-electron chi connectivity index (χ2n) is 5.37. The summed E-state index contributed by atoms with van der Waals surface area (Å²) in [6, 6.07) is 5.18. The fourth-order valence-corrected chi connectivity index (χ4v) is 2.82. The summed E-state index contributed by atoms with van der Waals surface area (Å²) in [5.74, 6) is -0.242. The Labute approximate surface area is 148 Å². The Kier molecular flexibility index (Phi) is 4.90. The van der Waals surface area contributed by atoms with Crippen LogP contribution in [0.1, 0.15) is 5.69 Å². The van der Waals surface area contributed by atoms with Crippen LogP contribution in [0.5, 0.6) is 5.75 Å². The van der Waals surface area contributed by atoms with Crippen LogP contribution in [0.3, 0.4) is 0 Å². The number of rotatable bonds is 5. The van der Waals surface area contributed by atoms with Crippen molar-refractivity contribution in [2.24, 2.45) is 7.05 Å². The predicted octanol–water partition coefficient (Wildman–Crippen LogP) is 2.23. The van der Waals surface area contributed by atoms with Gasteiger partial charge in [0.1, 0.15) is 0 Å². The van der Waals surface area contributed by atoms with Crippen molar-refractivity contribution < 1.29 is 9.53 Å². The Hall–Kier alpha value is -3.00. The van der Waals surface area contributed by atoms with Crippen molar-refractivity contribution in [3.05, 3.63) is 58.1 Å². The summed E-state index contributed by atoms with van der Waals surface area (Å²) >= 11 is 1.31. The quantitative estimate of drug-likeness (QED) is 0.758. The van der Waals surface area contributed by atoms with Gasteiger partial charge in [-0.3, -0.25) is 19.9 Å². The largest absolute Gasteiger partial charge is 0.478 e. The molecule has 0 spiro atoms. The van der Waals surface area contributed by atoms with Crippen molar-refractivity contribution in [2.75, 3.05) is 11.9 Å². The number of nitrogens with zero attached hydrogens (tertiary/aromatic N) is 3. The second-order valence-corrected chi connectivity index (χ2v) is 6.23. The van der Waals surface area contributed by atoms with E-state index in [1.807, 2.05) is 24.4 Å². The van der Waals surface area contributed by atoms with Gasteiger partial charge in [0, 0.05) is 48.3 Å². The smallest absolute Gasteiger partial charge is 0.264 e. The van der Waals surface area contributed by atoms with Crippen LogP contribution < -0.4 is 15.5 Å². The molecule has 0 aliphatic heterocycles. The molecular formula is C17H16N4O3S. The normalized spacial score (nSPS) is 10.5. The number of aryl methyl sites for hydroxylation is 2. The van der Waals surface area contributed by atoms with Gasteiger partial charge in [0.05, 0.1) is 5.69 Å². The lowest BCUT2D eigenvalue weighted by molar-refractivity contribution is -0.118. The number of ether oxygens (including phenoxy) is 1. The van der Waals surface area contributed by atoms with E-state index in [-0.39, 0.29) is 23.7 Å². The van der Waals surface area contributed by atoms with Crippen molar-refractivity contribution in [3.63, 3.8) is 0 Å². The first-order chi connectivity index (χ1) is 12.0. The van der Waals surface area contributed by atoms with E-state index in [2.05, 4.69) is 15.3 Å². The molecule has 25 heavy (non-hydrogen) atoms. The molecule has 0 fully saturated rings. The summed E-state index contributed by atoms with van der Waals surface area (Å²) in [5.41, 5.74) is 2.17. The van der Waals surface area contributed by atoms with E-state index in [1.165, 1.54) is 17.4 Å². The van der Waals surface area contributed by atoms with Crippen LogP contribution in [0.15, 0.2) is 47.0 Å². The first-order valence-electron chi connectivity index (χ1n) is 7.49. The molecule has 0 aromatic carbocycles. The standard InChI is InChI=1S/C17H16N4O3S/c1-11-6-14(22)15(8-21(11)2)24-9-16(23)20-17-19-13(10-25-17)12-4-3-5-18-7-12/h3-8,10H,9H2,1-2H3,(H,19,20,23). The van der Waals surface area contributed by atoms with Gasteiger partial charge in [0.15, 0.2) is 17.5 Å². The number of anilines is 1. The highest BCUT2D eigenvalue weighted by Crippen LogP contribution is 2.23. The number of amides is 1. The molecule has 0 bridgehead atoms. The minimum atomic E-state index is -0.380. The molecule has 1 amide bonds. The molecule has 3 aromatic rings. The maximum atomic E-state index is 12.0. The second kappa shape index (κ2) is 7.27. The number of carbonyl (C=O) groups is 1. The molecule has 3 rings (SSSR count). The molecule has 0 saturated heterocycles. The molecule has 8 heteroatoms. The maximum Gasteiger partial charge on any atom is 0.264 e. The molecule has 0 saturated carbocycles. The van der Waals surface area contributed by atoms with E-state index < -0.39 is 0 Å². The van der Waals surface area contributed by atoms with E-state index >= 15 is 0 Å². The van der Waals surface area contributed by atoms with Gasteiger partial charge in [-0.15, -0.1) is 11.3 Å². The SMILES string of the molecule is Cc1cc(=O)c(OCC(=O)Nc2nc(-c3cccnc3)cs2)cn1C. The highest BCUT2D eigenvalue weighted by atomic mass is 32.1. The van der Waals surface area contributed by atoms with E-state index in [9.17, 15) is 9.59 Å². The van der Waals surface area contributed by atoms with Gasteiger partial charge < -0.3 is 9.30 Å². The van der Waals surface area contributed by atoms with E-state index in [4.69, 9.17) is 4.74 Å². The van der Waals surface area contributed by atoms with Crippen LogP contribution in [-0.4, -0.2) is 27.0 Å². The summed E-state index contributed by atoms with van der Waals surface area (Å²) < 4.78 is 7.08. The van der Waals surface area contributed by atoms with Crippen molar-refractivity contribution in [1.29, 1.82) is 0 Å². The van der Waals surface area contributed by atoms with Crippen LogP contribution in [0.4, 0.5) is 5.13 Å². The zero-order chi connectivity index (χ0) is 17.8. The van der Waals surface area contributed by atoms with Crippen LogP contribution in [0.2, 0.25) is 0 Å². The number of hydrogen-bond donors (Lipinski definition) is 1. The average molecular weight is 356 g/mol. The van der Waals surface area contributed by atoms with E-state index in [0.29, 0.717) is 5.13 Å². The van der Waals surface area contributed by atoms with E-state index in [1.54, 1.807) is 30.2 Å². The lowest BCUT2D eigenvalue weighted by Gasteiger charge is -2.08. The van der Waals surface area contributed by atoms with Gasteiger partial charge in [-0.1, -0.05) is 0 Å². The Bertz CT molecular complexity index is 950. The fraction of sp³-hybridized carbons (Fsp3) is 0.176. The van der Waals surface area contributed by atoms with Crippen LogP contribution in [0, 0.1) is 6.92 Å². The van der Waals surface area contributed by atoms with Crippen LogP contribution in [-0.2, 0) is 11.8 Å². The maximum absolute atomic E-state index is 12.0. The lowest BCUT2D eigenvalue weighted by Crippen LogP contribution is -2.22. The summed E-state index contributed by atoms with van der Waals surface area (Å²) in [6.07, 6.45) is 4.96. The van der Waals surface area contributed by atoms with Gasteiger partial charge >= 0.3 is 0 Å². The number of thiazole rings is 1. The first-order valence-corrected chi connectivity index (χ1v) is 8.37. The minimum Gasteiger partial charge on any atom is -0.478 e. The molecular weight excluding hydrogens is 340 g/mol. The Morgan fingerprint density at radius 3 is 3.04 bits per heavy atom. The summed E-state index contributed by atoms with van der Waals surface area (Å²) in [4.78, 5) is 32.2. The molecule has 1 N–H and O–H groups in total. The van der Waals surface area contributed by atoms with Crippen molar-refractivity contribution >= 4 is 22.4 Å². The molecule has 0 aliphatic rings. The molecule has 128 valence electrons. The zero-order valence-electron chi connectivity index (χ0n) is 13.7. The van der Waals surface area contributed by atoms with Crippen molar-refractivity contribution in [1.82, 2.24) is 14.5 Å². The molecule has 0 atom stereocenters. The zero-order valence-corrected chi connectivity index (χ0v) is 14.5. The number of aromatic nitrogens is 3. The molecule has 7 nitrogen and oxygen atoms in total. The monoisotopic (exact) mass is 356 g/mol. The minimum absolute atomic E-state index is 0.137. The lowest BCUT2D eigenvalue weighted by atomic mass is 10.2. The van der Waals surface area contributed by atoms with Gasteiger partial charge in [0.2, 0.25) is 5.43 Å². The van der Waals surface area contributed by atoms with Crippen LogP contribution in [0.25, 0.3) is 11.3 Å². The first kappa shape index (κ1) is 16.8. The van der Waals surface area contributed by atoms with Gasteiger partial charge in [0.25, 0.3) is 5.91 Å². The third-order valence-electron chi connectivity index (χ3n) is 3.52. The summed E-state index contributed by atoms with van der Waals surface area (Å²) in [7, 11) is 1.80. The molecule has 3 aromatic heterocycles. The highest BCUT2D eigenvalue weighted by molar-refractivity contribution is 7.14. The molecule has 0 aliphatic carbocycles. The third kappa shape index (κ3) is 4.10. The fourth-order valence-electron chi connectivity index (χ4n) is 2.09. The Balaban J connectivity index is 1.61. The Morgan fingerprint density at radius 2 is 2.28 bits per heavy atom. The third-order valence-corrected chi connectivity index (χ3v) is 4.27. The van der Waals surface area contributed by atoms with Crippen molar-refractivity contribution in [3.8, 4) is 17.0 Å². The number of hydrogen-bond acceptors (Lipinski definition) is 6. The molecule has 0 unspecified atom stereocenters. The molecule has 0 radical (unpaired) electrons. The number of carbonyl (C=O) groups excluding carboxylic acids is 1. The van der Waals surface area contributed by atoms with E-state index in [0.717, 1.165) is 17.0 Å². The van der Waals surface area contributed by atoms with Crippen LogP contribution >= 0.6 is 11.3 Å². The highest BCUT2D eigenvalue weighted by Gasteiger charge is 2.10. The number of pyridine rings is 2. The summed E-state index contributed by atoms with van der Waals surface area (Å²) in [6.45, 7) is 1.56. The van der Waals surface area contributed by atoms with Gasteiger partial charge in [-0.2, -0.15) is 0 Å². The predicted molar refractivity (Wildman–Crippen MR) is 95.9 cm³/mol. The van der Waals surface area contributed by atoms with Crippen molar-refractivity contribution in [2.45, 2.75) is 6.92 Å². The Morgan fingerprint density at radius 1 is 1.44 bits per heavy atom.